The highest BCUT2D eigenvalue weighted by atomic mass is 16.2. The monoisotopic (exact) mass is 260 g/mol. The average Bonchev–Trinajstić information content (AvgIpc) is 2.37. The number of aryl methyl sites for hydroxylation is 3. The number of benzene rings is 1. The first-order valence-electron chi connectivity index (χ1n) is 7.16. The van der Waals surface area contributed by atoms with Crippen LogP contribution in [0.5, 0.6) is 0 Å². The Morgan fingerprint density at radius 2 is 2.21 bits per heavy atom. The highest BCUT2D eigenvalue weighted by Gasteiger charge is 2.20. The maximum Gasteiger partial charge on any atom is 0.222 e. The summed E-state index contributed by atoms with van der Waals surface area (Å²) in [7, 11) is 0. The van der Waals surface area contributed by atoms with E-state index in [0.717, 1.165) is 32.4 Å². The van der Waals surface area contributed by atoms with Crippen molar-refractivity contribution in [3.8, 4) is 0 Å². The van der Waals surface area contributed by atoms with E-state index in [9.17, 15) is 4.79 Å². The van der Waals surface area contributed by atoms with Crippen molar-refractivity contribution < 1.29 is 4.79 Å². The van der Waals surface area contributed by atoms with E-state index in [-0.39, 0.29) is 11.9 Å². The largest absolute Gasteiger partial charge is 0.341 e. The standard InChI is InChI=1S/C16H24N2O/c1-12-5-6-14(13(2)10-12)7-8-16(19)18-9-3-4-15(17)11-18/h5-6,10,15H,3-4,7-9,11,17H2,1-2H3/t15-/m0/s1. The van der Waals surface area contributed by atoms with E-state index in [0.29, 0.717) is 6.42 Å². The molecule has 1 atom stereocenters. The van der Waals surface area contributed by atoms with Crippen LogP contribution in [0.3, 0.4) is 0 Å². The SMILES string of the molecule is Cc1ccc(CCC(=O)N2CCC[C@H](N)C2)c(C)c1. The first kappa shape index (κ1) is 14.1. The van der Waals surface area contributed by atoms with E-state index in [4.69, 9.17) is 5.73 Å². The fourth-order valence-electron chi connectivity index (χ4n) is 2.76. The summed E-state index contributed by atoms with van der Waals surface area (Å²) in [5.41, 5.74) is 9.75. The summed E-state index contributed by atoms with van der Waals surface area (Å²) in [6.07, 6.45) is 3.50. The van der Waals surface area contributed by atoms with Crippen molar-refractivity contribution in [3.05, 3.63) is 34.9 Å². The van der Waals surface area contributed by atoms with Crippen molar-refractivity contribution in [2.75, 3.05) is 13.1 Å². The molecule has 1 aromatic carbocycles. The van der Waals surface area contributed by atoms with Gasteiger partial charge in [0.2, 0.25) is 5.91 Å². The van der Waals surface area contributed by atoms with Gasteiger partial charge >= 0.3 is 0 Å². The van der Waals surface area contributed by atoms with Crippen LogP contribution in [0.15, 0.2) is 18.2 Å². The molecular weight excluding hydrogens is 236 g/mol. The lowest BCUT2D eigenvalue weighted by Gasteiger charge is -2.30. The lowest BCUT2D eigenvalue weighted by atomic mass is 10.0. The average molecular weight is 260 g/mol. The van der Waals surface area contributed by atoms with Crippen molar-refractivity contribution in [2.24, 2.45) is 5.73 Å². The van der Waals surface area contributed by atoms with Gasteiger partial charge in [-0.05, 0) is 44.2 Å². The fraction of sp³-hybridized carbons (Fsp3) is 0.562. The molecule has 0 bridgehead atoms. The first-order valence-corrected chi connectivity index (χ1v) is 7.16. The molecule has 1 fully saturated rings. The normalized spacial score (nSPS) is 19.5. The molecule has 104 valence electrons. The number of hydrogen-bond acceptors (Lipinski definition) is 2. The van der Waals surface area contributed by atoms with Crippen LogP contribution < -0.4 is 5.73 Å². The smallest absolute Gasteiger partial charge is 0.222 e. The number of amides is 1. The third kappa shape index (κ3) is 3.80. The highest BCUT2D eigenvalue weighted by molar-refractivity contribution is 5.76. The van der Waals surface area contributed by atoms with Crippen molar-refractivity contribution in [1.29, 1.82) is 0 Å². The second-order valence-electron chi connectivity index (χ2n) is 5.67. The molecule has 0 radical (unpaired) electrons. The van der Waals surface area contributed by atoms with Crippen LogP contribution >= 0.6 is 0 Å². The van der Waals surface area contributed by atoms with Crippen LogP contribution in [0.1, 0.15) is 36.0 Å². The van der Waals surface area contributed by atoms with Crippen LogP contribution in [0.2, 0.25) is 0 Å². The third-order valence-electron chi connectivity index (χ3n) is 3.92. The minimum absolute atomic E-state index is 0.166. The van der Waals surface area contributed by atoms with Gasteiger partial charge < -0.3 is 10.6 Å². The van der Waals surface area contributed by atoms with Crippen molar-refractivity contribution in [3.63, 3.8) is 0 Å². The van der Waals surface area contributed by atoms with E-state index >= 15 is 0 Å². The van der Waals surface area contributed by atoms with E-state index in [1.807, 2.05) is 4.90 Å². The van der Waals surface area contributed by atoms with Gasteiger partial charge in [0.15, 0.2) is 0 Å². The Kier molecular flexibility index (Phi) is 4.59. The minimum Gasteiger partial charge on any atom is -0.341 e. The first-order chi connectivity index (χ1) is 9.06. The zero-order valence-electron chi connectivity index (χ0n) is 12.0. The predicted octanol–water partition coefficient (Wildman–Crippen LogP) is 2.19. The third-order valence-corrected chi connectivity index (χ3v) is 3.92. The molecule has 2 N–H and O–H groups in total. The Hall–Kier alpha value is -1.35. The number of rotatable bonds is 3. The molecule has 1 aliphatic rings. The maximum atomic E-state index is 12.2. The topological polar surface area (TPSA) is 46.3 Å². The number of nitrogens with two attached hydrogens (primary N) is 1. The molecule has 19 heavy (non-hydrogen) atoms. The summed E-state index contributed by atoms with van der Waals surface area (Å²) in [5, 5.41) is 0. The minimum atomic E-state index is 0.166. The quantitative estimate of drug-likeness (QED) is 0.905. The summed E-state index contributed by atoms with van der Waals surface area (Å²) in [4.78, 5) is 14.1. The lowest BCUT2D eigenvalue weighted by Crippen LogP contribution is -2.45. The van der Waals surface area contributed by atoms with Crippen molar-refractivity contribution >= 4 is 5.91 Å². The molecule has 3 nitrogen and oxygen atoms in total. The van der Waals surface area contributed by atoms with Gasteiger partial charge in [-0.3, -0.25) is 4.79 Å². The van der Waals surface area contributed by atoms with Crippen LogP contribution in [-0.4, -0.2) is 29.9 Å². The summed E-state index contributed by atoms with van der Waals surface area (Å²) in [6.45, 7) is 5.81. The number of carbonyl (C=O) groups excluding carboxylic acids is 1. The molecule has 1 aromatic rings. The Bertz CT molecular complexity index is 456. The van der Waals surface area contributed by atoms with E-state index in [2.05, 4.69) is 32.0 Å². The van der Waals surface area contributed by atoms with Gasteiger partial charge in [0.1, 0.15) is 0 Å². The number of hydrogen-bond donors (Lipinski definition) is 1. The molecular formula is C16H24N2O. The predicted molar refractivity (Wildman–Crippen MR) is 78.0 cm³/mol. The zero-order valence-corrected chi connectivity index (χ0v) is 12.0. The van der Waals surface area contributed by atoms with Gasteiger partial charge in [-0.2, -0.15) is 0 Å². The molecule has 0 aromatic heterocycles. The molecule has 0 unspecified atom stereocenters. The molecule has 0 saturated carbocycles. The number of carbonyl (C=O) groups is 1. The van der Waals surface area contributed by atoms with Gasteiger partial charge in [-0.1, -0.05) is 23.8 Å². The number of likely N-dealkylation sites (tertiary alicyclic amines) is 1. The van der Waals surface area contributed by atoms with Gasteiger partial charge in [0, 0.05) is 25.6 Å². The van der Waals surface area contributed by atoms with Gasteiger partial charge in [0.05, 0.1) is 0 Å². The van der Waals surface area contributed by atoms with Gasteiger partial charge in [0.25, 0.3) is 0 Å². The zero-order chi connectivity index (χ0) is 13.8. The second kappa shape index (κ2) is 6.20. The summed E-state index contributed by atoms with van der Waals surface area (Å²) < 4.78 is 0. The molecule has 1 saturated heterocycles. The molecule has 1 amide bonds. The van der Waals surface area contributed by atoms with E-state index < -0.39 is 0 Å². The van der Waals surface area contributed by atoms with Gasteiger partial charge in [-0.15, -0.1) is 0 Å². The van der Waals surface area contributed by atoms with E-state index in [1.165, 1.54) is 16.7 Å². The summed E-state index contributed by atoms with van der Waals surface area (Å²) in [6, 6.07) is 6.60. The molecule has 0 aliphatic carbocycles. The molecule has 1 aliphatic heterocycles. The summed E-state index contributed by atoms with van der Waals surface area (Å²) >= 11 is 0. The molecule has 0 spiro atoms. The number of piperidine rings is 1. The lowest BCUT2D eigenvalue weighted by molar-refractivity contribution is -0.132. The molecule has 1 heterocycles. The molecule has 2 rings (SSSR count). The van der Waals surface area contributed by atoms with Crippen molar-refractivity contribution in [2.45, 2.75) is 45.6 Å². The van der Waals surface area contributed by atoms with Crippen LogP contribution in [0.4, 0.5) is 0 Å². The Morgan fingerprint density at radius 1 is 1.42 bits per heavy atom. The van der Waals surface area contributed by atoms with E-state index in [1.54, 1.807) is 0 Å². The Morgan fingerprint density at radius 3 is 2.89 bits per heavy atom. The fourth-order valence-corrected chi connectivity index (χ4v) is 2.76. The Labute approximate surface area is 115 Å². The Balaban J connectivity index is 1.89. The summed E-state index contributed by atoms with van der Waals surface area (Å²) in [5.74, 6) is 0.245. The second-order valence-corrected chi connectivity index (χ2v) is 5.67. The van der Waals surface area contributed by atoms with Crippen LogP contribution in [-0.2, 0) is 11.2 Å². The van der Waals surface area contributed by atoms with Crippen LogP contribution in [0, 0.1) is 13.8 Å². The van der Waals surface area contributed by atoms with Crippen LogP contribution in [0.25, 0.3) is 0 Å². The molecule has 3 heteroatoms. The van der Waals surface area contributed by atoms with Gasteiger partial charge in [-0.25, -0.2) is 0 Å². The number of nitrogens with zero attached hydrogens (tertiary/aromatic N) is 1. The maximum absolute atomic E-state index is 12.2. The highest BCUT2D eigenvalue weighted by Crippen LogP contribution is 2.15. The van der Waals surface area contributed by atoms with Crippen molar-refractivity contribution in [1.82, 2.24) is 4.90 Å².